The zero-order valence-electron chi connectivity index (χ0n) is 11.4. The number of carbonyl (C=O) groups is 1. The molecule has 1 fully saturated rings. The van der Waals surface area contributed by atoms with E-state index in [4.69, 9.17) is 0 Å². The Morgan fingerprint density at radius 2 is 2.10 bits per heavy atom. The van der Waals surface area contributed by atoms with Crippen molar-refractivity contribution in [3.63, 3.8) is 0 Å². The summed E-state index contributed by atoms with van der Waals surface area (Å²) in [5, 5.41) is 12.5. The number of hydrogen-bond donors (Lipinski definition) is 2. The standard InChI is InChI=1S/C14H15N5O2/c20-14(21)11-8-16-9-18-13(11)12-7-10(1-2-17-12)19-5-3-15-4-6-19/h1-2,7-9,15H,3-6H2,(H,20,21). The molecule has 21 heavy (non-hydrogen) atoms. The number of nitrogens with one attached hydrogen (secondary N) is 1. The van der Waals surface area contributed by atoms with E-state index >= 15 is 0 Å². The van der Waals surface area contributed by atoms with Gasteiger partial charge in [-0.2, -0.15) is 0 Å². The van der Waals surface area contributed by atoms with Gasteiger partial charge in [0.25, 0.3) is 0 Å². The van der Waals surface area contributed by atoms with Crippen LogP contribution in [0.15, 0.2) is 30.9 Å². The van der Waals surface area contributed by atoms with Crippen molar-refractivity contribution in [1.29, 1.82) is 0 Å². The Bertz CT molecular complexity index is 655. The van der Waals surface area contributed by atoms with Gasteiger partial charge >= 0.3 is 5.97 Å². The summed E-state index contributed by atoms with van der Waals surface area (Å²) in [6, 6.07) is 3.80. The van der Waals surface area contributed by atoms with Gasteiger partial charge in [0.05, 0.1) is 5.69 Å². The van der Waals surface area contributed by atoms with Crippen molar-refractivity contribution < 1.29 is 9.90 Å². The number of aromatic nitrogens is 3. The van der Waals surface area contributed by atoms with Gasteiger partial charge in [-0.3, -0.25) is 4.98 Å². The molecule has 2 aromatic rings. The van der Waals surface area contributed by atoms with Gasteiger partial charge in [-0.05, 0) is 12.1 Å². The summed E-state index contributed by atoms with van der Waals surface area (Å²) in [7, 11) is 0. The second-order valence-electron chi connectivity index (χ2n) is 4.73. The third-order valence-electron chi connectivity index (χ3n) is 3.41. The summed E-state index contributed by atoms with van der Waals surface area (Å²) in [6.07, 6.45) is 4.31. The van der Waals surface area contributed by atoms with E-state index in [0.29, 0.717) is 11.4 Å². The predicted octanol–water partition coefficient (Wildman–Crippen LogP) is 0.646. The van der Waals surface area contributed by atoms with Gasteiger partial charge in [0.2, 0.25) is 0 Å². The maximum atomic E-state index is 11.3. The number of carboxylic acids is 1. The molecular formula is C14H15N5O2. The van der Waals surface area contributed by atoms with E-state index in [2.05, 4.69) is 25.2 Å². The highest BCUT2D eigenvalue weighted by molar-refractivity contribution is 5.94. The Labute approximate surface area is 121 Å². The molecule has 3 rings (SSSR count). The lowest BCUT2D eigenvalue weighted by molar-refractivity contribution is 0.0697. The van der Waals surface area contributed by atoms with Crippen LogP contribution in [0.2, 0.25) is 0 Å². The van der Waals surface area contributed by atoms with E-state index in [9.17, 15) is 9.90 Å². The van der Waals surface area contributed by atoms with Crippen LogP contribution in [-0.4, -0.2) is 52.2 Å². The number of pyridine rings is 1. The minimum absolute atomic E-state index is 0.0578. The van der Waals surface area contributed by atoms with Crippen molar-refractivity contribution in [2.24, 2.45) is 0 Å². The molecule has 0 aromatic carbocycles. The van der Waals surface area contributed by atoms with Crippen LogP contribution in [0.4, 0.5) is 5.69 Å². The maximum absolute atomic E-state index is 11.3. The fourth-order valence-electron chi connectivity index (χ4n) is 2.36. The van der Waals surface area contributed by atoms with E-state index < -0.39 is 5.97 Å². The molecule has 0 saturated carbocycles. The maximum Gasteiger partial charge on any atom is 0.339 e. The minimum Gasteiger partial charge on any atom is -0.478 e. The highest BCUT2D eigenvalue weighted by atomic mass is 16.4. The first kappa shape index (κ1) is 13.4. The van der Waals surface area contributed by atoms with E-state index in [1.54, 1.807) is 6.20 Å². The molecule has 108 valence electrons. The van der Waals surface area contributed by atoms with Gasteiger partial charge in [-0.1, -0.05) is 0 Å². The molecule has 1 aliphatic rings. The molecule has 0 aliphatic carbocycles. The van der Waals surface area contributed by atoms with Crippen molar-refractivity contribution in [2.75, 3.05) is 31.1 Å². The quantitative estimate of drug-likeness (QED) is 0.855. The van der Waals surface area contributed by atoms with Crippen molar-refractivity contribution in [1.82, 2.24) is 20.3 Å². The molecule has 0 amide bonds. The largest absolute Gasteiger partial charge is 0.478 e. The average molecular weight is 285 g/mol. The lowest BCUT2D eigenvalue weighted by atomic mass is 10.1. The molecule has 1 aliphatic heterocycles. The summed E-state index contributed by atoms with van der Waals surface area (Å²) in [4.78, 5) is 25.6. The van der Waals surface area contributed by atoms with Crippen LogP contribution >= 0.6 is 0 Å². The van der Waals surface area contributed by atoms with E-state index in [-0.39, 0.29) is 5.56 Å². The normalized spacial score (nSPS) is 15.0. The molecule has 0 bridgehead atoms. The first-order valence-corrected chi connectivity index (χ1v) is 6.71. The lowest BCUT2D eigenvalue weighted by Crippen LogP contribution is -2.43. The molecule has 7 heteroatoms. The molecule has 0 radical (unpaired) electrons. The number of rotatable bonds is 3. The molecular weight excluding hydrogens is 270 g/mol. The monoisotopic (exact) mass is 285 g/mol. The number of nitrogens with zero attached hydrogens (tertiary/aromatic N) is 4. The van der Waals surface area contributed by atoms with Crippen molar-refractivity contribution >= 4 is 11.7 Å². The van der Waals surface area contributed by atoms with Gasteiger partial charge < -0.3 is 15.3 Å². The Hall–Kier alpha value is -2.54. The lowest BCUT2D eigenvalue weighted by Gasteiger charge is -2.29. The second kappa shape index (κ2) is 5.84. The number of hydrogen-bond acceptors (Lipinski definition) is 6. The van der Waals surface area contributed by atoms with Gasteiger partial charge in [-0.15, -0.1) is 0 Å². The topological polar surface area (TPSA) is 91.2 Å². The van der Waals surface area contributed by atoms with Crippen LogP contribution in [0.5, 0.6) is 0 Å². The first-order chi connectivity index (χ1) is 10.3. The highest BCUT2D eigenvalue weighted by Gasteiger charge is 2.16. The zero-order chi connectivity index (χ0) is 14.7. The summed E-state index contributed by atoms with van der Waals surface area (Å²) in [6.45, 7) is 3.70. The molecule has 0 unspecified atom stereocenters. The van der Waals surface area contributed by atoms with Gasteiger partial charge in [-0.25, -0.2) is 14.8 Å². The molecule has 3 heterocycles. The van der Waals surface area contributed by atoms with E-state index in [0.717, 1.165) is 31.9 Å². The summed E-state index contributed by atoms with van der Waals surface area (Å²) >= 11 is 0. The summed E-state index contributed by atoms with van der Waals surface area (Å²) in [5.74, 6) is -1.06. The van der Waals surface area contributed by atoms with E-state index in [1.807, 2.05) is 12.1 Å². The van der Waals surface area contributed by atoms with Crippen molar-refractivity contribution in [2.45, 2.75) is 0 Å². The SMILES string of the molecule is O=C(O)c1cncnc1-c1cc(N2CCNCC2)ccn1. The molecule has 0 atom stereocenters. The number of aromatic carboxylic acids is 1. The third kappa shape index (κ3) is 2.82. The predicted molar refractivity (Wildman–Crippen MR) is 77.3 cm³/mol. The second-order valence-corrected chi connectivity index (χ2v) is 4.73. The summed E-state index contributed by atoms with van der Waals surface area (Å²) in [5.41, 5.74) is 1.97. The molecule has 2 aromatic heterocycles. The Morgan fingerprint density at radius 3 is 2.86 bits per heavy atom. The number of carboxylic acid groups (broad SMARTS) is 1. The van der Waals surface area contributed by atoms with Crippen molar-refractivity contribution in [3.8, 4) is 11.4 Å². The van der Waals surface area contributed by atoms with Crippen molar-refractivity contribution in [3.05, 3.63) is 36.4 Å². The van der Waals surface area contributed by atoms with Crippen LogP contribution in [0, 0.1) is 0 Å². The smallest absolute Gasteiger partial charge is 0.339 e. The fourth-order valence-corrected chi connectivity index (χ4v) is 2.36. The molecule has 7 nitrogen and oxygen atoms in total. The van der Waals surface area contributed by atoms with Crippen LogP contribution in [0.3, 0.4) is 0 Å². The number of piperazine rings is 1. The van der Waals surface area contributed by atoms with Crippen LogP contribution < -0.4 is 10.2 Å². The Morgan fingerprint density at radius 1 is 1.29 bits per heavy atom. The van der Waals surface area contributed by atoms with Gasteiger partial charge in [0, 0.05) is 44.3 Å². The minimum atomic E-state index is -1.06. The molecule has 1 saturated heterocycles. The zero-order valence-corrected chi connectivity index (χ0v) is 11.4. The summed E-state index contributed by atoms with van der Waals surface area (Å²) < 4.78 is 0. The fraction of sp³-hybridized carbons (Fsp3) is 0.286. The van der Waals surface area contributed by atoms with Crippen LogP contribution in [0.25, 0.3) is 11.4 Å². The average Bonchev–Trinajstić information content (AvgIpc) is 2.56. The Kier molecular flexibility index (Phi) is 3.74. The van der Waals surface area contributed by atoms with Gasteiger partial charge in [0.15, 0.2) is 0 Å². The van der Waals surface area contributed by atoms with E-state index in [1.165, 1.54) is 12.5 Å². The van der Waals surface area contributed by atoms with Gasteiger partial charge in [0.1, 0.15) is 17.6 Å². The third-order valence-corrected chi connectivity index (χ3v) is 3.41. The Balaban J connectivity index is 1.98. The molecule has 2 N–H and O–H groups in total. The van der Waals surface area contributed by atoms with Crippen LogP contribution in [-0.2, 0) is 0 Å². The number of anilines is 1. The highest BCUT2D eigenvalue weighted by Crippen LogP contribution is 2.23. The van der Waals surface area contributed by atoms with Crippen LogP contribution in [0.1, 0.15) is 10.4 Å². The molecule has 0 spiro atoms. The first-order valence-electron chi connectivity index (χ1n) is 6.71.